The van der Waals surface area contributed by atoms with Crippen LogP contribution in [0.4, 0.5) is 10.1 Å². The van der Waals surface area contributed by atoms with E-state index in [1.54, 1.807) is 43.5 Å². The maximum Gasteiger partial charge on any atom is 0.255 e. The number of halogens is 1. The summed E-state index contributed by atoms with van der Waals surface area (Å²) in [4.78, 5) is 24.7. The number of ether oxygens (including phenoxy) is 1. The minimum Gasteiger partial charge on any atom is -0.380 e. The molecule has 3 aromatic carbocycles. The first-order chi connectivity index (χ1) is 14.0. The number of methoxy groups -OCH3 is 1. The third kappa shape index (κ3) is 5.73. The van der Waals surface area contributed by atoms with Gasteiger partial charge in [-0.1, -0.05) is 30.3 Å². The summed E-state index contributed by atoms with van der Waals surface area (Å²) < 4.78 is 18.4. The van der Waals surface area contributed by atoms with Crippen molar-refractivity contribution in [2.45, 2.75) is 13.2 Å². The molecule has 2 N–H and O–H groups in total. The van der Waals surface area contributed by atoms with Crippen LogP contribution >= 0.6 is 0 Å². The van der Waals surface area contributed by atoms with Gasteiger partial charge in [0.25, 0.3) is 11.8 Å². The quantitative estimate of drug-likeness (QED) is 0.635. The van der Waals surface area contributed by atoms with E-state index in [2.05, 4.69) is 10.6 Å². The second kappa shape index (κ2) is 9.61. The molecule has 0 radical (unpaired) electrons. The molecule has 29 heavy (non-hydrogen) atoms. The molecular weight excluding hydrogens is 371 g/mol. The van der Waals surface area contributed by atoms with Gasteiger partial charge >= 0.3 is 0 Å². The zero-order valence-corrected chi connectivity index (χ0v) is 15.9. The van der Waals surface area contributed by atoms with Gasteiger partial charge in [0.2, 0.25) is 0 Å². The number of carbonyl (C=O) groups is 2. The summed E-state index contributed by atoms with van der Waals surface area (Å²) in [6, 6.07) is 19.8. The predicted molar refractivity (Wildman–Crippen MR) is 109 cm³/mol. The van der Waals surface area contributed by atoms with Gasteiger partial charge in [0.15, 0.2) is 0 Å². The Bertz CT molecular complexity index is 1020. The number of hydrogen-bond donors (Lipinski definition) is 2. The molecule has 0 bridgehead atoms. The highest BCUT2D eigenvalue weighted by molar-refractivity contribution is 6.04. The maximum atomic E-state index is 13.3. The van der Waals surface area contributed by atoms with Gasteiger partial charge < -0.3 is 15.4 Å². The number of nitrogens with one attached hydrogen (secondary N) is 2. The van der Waals surface area contributed by atoms with Crippen LogP contribution in [-0.4, -0.2) is 18.9 Å². The predicted octanol–water partition coefficient (Wildman–Crippen LogP) is 4.15. The zero-order valence-electron chi connectivity index (χ0n) is 15.9. The maximum absolute atomic E-state index is 13.3. The van der Waals surface area contributed by atoms with Crippen LogP contribution in [0.5, 0.6) is 0 Å². The van der Waals surface area contributed by atoms with Gasteiger partial charge in [-0.15, -0.1) is 0 Å². The highest BCUT2D eigenvalue weighted by Crippen LogP contribution is 2.14. The molecule has 0 fully saturated rings. The van der Waals surface area contributed by atoms with Gasteiger partial charge in [0.1, 0.15) is 5.82 Å². The SMILES string of the molecule is COCc1cccc(C(=O)NCc2cccc(NC(=O)c3cccc(F)c3)c2)c1. The van der Waals surface area contributed by atoms with Gasteiger partial charge in [-0.2, -0.15) is 0 Å². The second-order valence-corrected chi connectivity index (χ2v) is 6.48. The van der Waals surface area contributed by atoms with Crippen molar-refractivity contribution in [1.82, 2.24) is 5.32 Å². The molecule has 0 atom stereocenters. The Labute approximate surface area is 168 Å². The lowest BCUT2D eigenvalue weighted by molar-refractivity contribution is 0.0949. The Morgan fingerprint density at radius 1 is 0.862 bits per heavy atom. The summed E-state index contributed by atoms with van der Waals surface area (Å²) in [5, 5.41) is 5.60. The molecule has 3 aromatic rings. The lowest BCUT2D eigenvalue weighted by Gasteiger charge is -2.10. The number of hydrogen-bond acceptors (Lipinski definition) is 3. The Hall–Kier alpha value is -3.51. The number of rotatable bonds is 7. The number of carbonyl (C=O) groups excluding carboxylic acids is 2. The molecule has 0 aliphatic rings. The summed E-state index contributed by atoms with van der Waals surface area (Å²) >= 11 is 0. The van der Waals surface area contributed by atoms with Crippen molar-refractivity contribution in [2.75, 3.05) is 12.4 Å². The van der Waals surface area contributed by atoms with Crippen LogP contribution < -0.4 is 10.6 Å². The largest absolute Gasteiger partial charge is 0.380 e. The molecule has 0 heterocycles. The summed E-state index contributed by atoms with van der Waals surface area (Å²) in [6.45, 7) is 0.741. The molecule has 6 heteroatoms. The molecule has 0 saturated heterocycles. The van der Waals surface area contributed by atoms with E-state index in [1.807, 2.05) is 18.2 Å². The van der Waals surface area contributed by atoms with Gasteiger partial charge in [0.05, 0.1) is 6.61 Å². The van der Waals surface area contributed by atoms with Gasteiger partial charge in [-0.05, 0) is 53.6 Å². The number of benzene rings is 3. The molecule has 148 valence electrons. The Morgan fingerprint density at radius 3 is 2.31 bits per heavy atom. The molecule has 0 aliphatic heterocycles. The minimum atomic E-state index is -0.469. The zero-order chi connectivity index (χ0) is 20.6. The van der Waals surface area contributed by atoms with Crippen molar-refractivity contribution in [3.05, 3.63) is 101 Å². The monoisotopic (exact) mass is 392 g/mol. The third-order valence-electron chi connectivity index (χ3n) is 4.22. The molecule has 0 aromatic heterocycles. The van der Waals surface area contributed by atoms with E-state index in [0.717, 1.165) is 11.1 Å². The van der Waals surface area contributed by atoms with Crippen LogP contribution in [0.1, 0.15) is 31.8 Å². The topological polar surface area (TPSA) is 67.4 Å². The van der Waals surface area contributed by atoms with Gasteiger partial charge in [0, 0.05) is 30.5 Å². The number of anilines is 1. The lowest BCUT2D eigenvalue weighted by atomic mass is 10.1. The summed E-state index contributed by atoms with van der Waals surface area (Å²) in [7, 11) is 1.60. The molecule has 3 rings (SSSR count). The molecule has 0 spiro atoms. The fraction of sp³-hybridized carbons (Fsp3) is 0.130. The van der Waals surface area contributed by atoms with Crippen molar-refractivity contribution in [3.8, 4) is 0 Å². The van der Waals surface area contributed by atoms with E-state index in [1.165, 1.54) is 18.2 Å². The Balaban J connectivity index is 1.62. The van der Waals surface area contributed by atoms with Gasteiger partial charge in [-0.3, -0.25) is 9.59 Å². The summed E-state index contributed by atoms with van der Waals surface area (Å²) in [5.74, 6) is -1.07. The number of amides is 2. The van der Waals surface area contributed by atoms with E-state index >= 15 is 0 Å². The van der Waals surface area contributed by atoms with Crippen molar-refractivity contribution in [3.63, 3.8) is 0 Å². The highest BCUT2D eigenvalue weighted by Gasteiger charge is 2.09. The van der Waals surface area contributed by atoms with Crippen LogP contribution in [0.15, 0.2) is 72.8 Å². The van der Waals surface area contributed by atoms with Crippen molar-refractivity contribution in [1.29, 1.82) is 0 Å². The molecule has 0 aliphatic carbocycles. The Morgan fingerprint density at radius 2 is 1.55 bits per heavy atom. The average molecular weight is 392 g/mol. The molecule has 0 saturated carbocycles. The first kappa shape index (κ1) is 20.2. The van der Waals surface area contributed by atoms with Gasteiger partial charge in [-0.25, -0.2) is 4.39 Å². The Kier molecular flexibility index (Phi) is 6.71. The lowest BCUT2D eigenvalue weighted by Crippen LogP contribution is -2.23. The fourth-order valence-electron chi connectivity index (χ4n) is 2.85. The second-order valence-electron chi connectivity index (χ2n) is 6.48. The average Bonchev–Trinajstić information content (AvgIpc) is 2.73. The van der Waals surface area contributed by atoms with Crippen LogP contribution in [0.2, 0.25) is 0 Å². The van der Waals surface area contributed by atoms with Crippen LogP contribution in [0.3, 0.4) is 0 Å². The smallest absolute Gasteiger partial charge is 0.255 e. The van der Waals surface area contributed by atoms with Crippen molar-refractivity contribution in [2.24, 2.45) is 0 Å². The van der Waals surface area contributed by atoms with E-state index in [-0.39, 0.29) is 11.5 Å². The highest BCUT2D eigenvalue weighted by atomic mass is 19.1. The normalized spacial score (nSPS) is 10.4. The molecule has 0 unspecified atom stereocenters. The van der Waals surface area contributed by atoms with Crippen LogP contribution in [0.25, 0.3) is 0 Å². The summed E-state index contributed by atoms with van der Waals surface area (Å²) in [5.41, 5.74) is 3.09. The van der Waals surface area contributed by atoms with Crippen molar-refractivity contribution >= 4 is 17.5 Å². The third-order valence-corrected chi connectivity index (χ3v) is 4.22. The molecular formula is C23H21FN2O3. The van der Waals surface area contributed by atoms with E-state index in [0.29, 0.717) is 24.4 Å². The van der Waals surface area contributed by atoms with E-state index < -0.39 is 11.7 Å². The van der Waals surface area contributed by atoms with Crippen molar-refractivity contribution < 1.29 is 18.7 Å². The fourth-order valence-corrected chi connectivity index (χ4v) is 2.85. The summed E-state index contributed by atoms with van der Waals surface area (Å²) in [6.07, 6.45) is 0. The molecule has 2 amide bonds. The molecule has 5 nitrogen and oxygen atoms in total. The first-order valence-corrected chi connectivity index (χ1v) is 9.07. The van der Waals surface area contributed by atoms with Crippen LogP contribution in [-0.2, 0) is 17.9 Å². The first-order valence-electron chi connectivity index (χ1n) is 9.07. The van der Waals surface area contributed by atoms with Crippen LogP contribution in [0, 0.1) is 5.82 Å². The minimum absolute atomic E-state index is 0.197. The van der Waals surface area contributed by atoms with E-state index in [9.17, 15) is 14.0 Å². The standard InChI is InChI=1S/C23H21FN2O3/c1-29-15-17-6-2-7-18(11-17)22(27)25-14-16-5-3-10-21(12-16)26-23(28)19-8-4-9-20(24)13-19/h2-13H,14-15H2,1H3,(H,25,27)(H,26,28). The van der Waals surface area contributed by atoms with E-state index in [4.69, 9.17) is 4.74 Å².